The largest absolute Gasteiger partial charge is 0.503 e. The van der Waals surface area contributed by atoms with E-state index < -0.39 is 9.84 Å². The van der Waals surface area contributed by atoms with E-state index in [9.17, 15) is 8.42 Å². The van der Waals surface area contributed by atoms with Gasteiger partial charge in [-0.25, -0.2) is 8.42 Å². The summed E-state index contributed by atoms with van der Waals surface area (Å²) < 4.78 is 29.0. The molecule has 0 spiro atoms. The van der Waals surface area contributed by atoms with Crippen LogP contribution in [0.1, 0.15) is 18.9 Å². The molecular weight excluding hydrogens is 224 g/mol. The quantitative estimate of drug-likeness (QED) is 0.760. The second-order valence-corrected chi connectivity index (χ2v) is 5.49. The van der Waals surface area contributed by atoms with Crippen molar-refractivity contribution in [3.63, 3.8) is 0 Å². The number of aryl methyl sites for hydroxylation is 1. The molecule has 0 saturated carbocycles. The number of methoxy groups -OCH3 is 1. The van der Waals surface area contributed by atoms with Crippen molar-refractivity contribution in [1.29, 1.82) is 0 Å². The van der Waals surface area contributed by atoms with Gasteiger partial charge in [-0.1, -0.05) is 24.6 Å². The molecule has 0 fully saturated rings. The average Bonchev–Trinajstić information content (AvgIpc) is 2.26. The highest BCUT2D eigenvalue weighted by Crippen LogP contribution is 2.21. The first-order valence-corrected chi connectivity index (χ1v) is 6.54. The summed E-state index contributed by atoms with van der Waals surface area (Å²) in [5.74, 6) is 0. The summed E-state index contributed by atoms with van der Waals surface area (Å²) in [4.78, 5) is 0.599. The van der Waals surface area contributed by atoms with Crippen molar-refractivity contribution in [3.8, 4) is 0 Å². The second kappa shape index (κ2) is 5.16. The van der Waals surface area contributed by atoms with Gasteiger partial charge in [-0.05, 0) is 25.5 Å². The summed E-state index contributed by atoms with van der Waals surface area (Å²) in [5.41, 5.74) is 1.03. The minimum absolute atomic E-state index is 0.291. The van der Waals surface area contributed by atoms with Gasteiger partial charge >= 0.3 is 0 Å². The third kappa shape index (κ3) is 2.64. The molecule has 0 amide bonds. The lowest BCUT2D eigenvalue weighted by molar-refractivity contribution is 0.335. The summed E-state index contributed by atoms with van der Waals surface area (Å²) >= 11 is 0. The smallest absolute Gasteiger partial charge is 0.205 e. The van der Waals surface area contributed by atoms with Crippen molar-refractivity contribution in [2.45, 2.75) is 25.2 Å². The Morgan fingerprint density at radius 3 is 2.31 bits per heavy atom. The molecule has 4 heteroatoms. The summed E-state index contributed by atoms with van der Waals surface area (Å²) in [7, 11) is -1.95. The van der Waals surface area contributed by atoms with Crippen molar-refractivity contribution in [2.24, 2.45) is 0 Å². The van der Waals surface area contributed by atoms with Crippen molar-refractivity contribution in [2.75, 3.05) is 7.11 Å². The van der Waals surface area contributed by atoms with Crippen molar-refractivity contribution in [1.82, 2.24) is 0 Å². The van der Waals surface area contributed by atoms with Crippen molar-refractivity contribution < 1.29 is 13.2 Å². The van der Waals surface area contributed by atoms with Gasteiger partial charge in [0.25, 0.3) is 0 Å². The van der Waals surface area contributed by atoms with E-state index in [0.29, 0.717) is 16.2 Å². The number of sulfone groups is 1. The molecule has 0 aromatic heterocycles. The molecule has 1 rings (SSSR count). The first kappa shape index (κ1) is 12.8. The number of hydrogen-bond acceptors (Lipinski definition) is 3. The molecule has 1 aromatic carbocycles. The number of allylic oxidation sites excluding steroid dienone is 1. The van der Waals surface area contributed by atoms with Crippen LogP contribution in [0.5, 0.6) is 0 Å². The van der Waals surface area contributed by atoms with Crippen LogP contribution in [-0.4, -0.2) is 15.5 Å². The standard InChI is InChI=1S/C12H16O3S/c1-4-11(9-15-3)16(13,14)12-7-5-10(2)6-8-12/h5-9H,4H2,1-3H3/b11-9+. The fraction of sp³-hybridized carbons (Fsp3) is 0.333. The van der Waals surface area contributed by atoms with Crippen molar-refractivity contribution >= 4 is 9.84 Å². The minimum Gasteiger partial charge on any atom is -0.503 e. The molecule has 0 heterocycles. The highest BCUT2D eigenvalue weighted by Gasteiger charge is 2.19. The van der Waals surface area contributed by atoms with E-state index in [0.717, 1.165) is 5.56 Å². The lowest BCUT2D eigenvalue weighted by Gasteiger charge is -2.07. The maximum absolute atomic E-state index is 12.1. The predicted octanol–water partition coefficient (Wildman–Crippen LogP) is 2.67. The van der Waals surface area contributed by atoms with E-state index in [1.807, 2.05) is 6.92 Å². The van der Waals surface area contributed by atoms with Crippen LogP contribution in [0.2, 0.25) is 0 Å². The zero-order valence-electron chi connectivity index (χ0n) is 9.73. The Balaban J connectivity index is 3.20. The Morgan fingerprint density at radius 1 is 1.31 bits per heavy atom. The minimum atomic E-state index is -3.39. The number of rotatable bonds is 4. The summed E-state index contributed by atoms with van der Waals surface area (Å²) in [6.07, 6.45) is 1.71. The van der Waals surface area contributed by atoms with E-state index in [2.05, 4.69) is 0 Å². The third-order valence-corrected chi connectivity index (χ3v) is 4.24. The lowest BCUT2D eigenvalue weighted by atomic mass is 10.2. The molecular formula is C12H16O3S. The van der Waals surface area contributed by atoms with E-state index in [1.165, 1.54) is 13.4 Å². The number of benzene rings is 1. The van der Waals surface area contributed by atoms with Crippen LogP contribution in [0, 0.1) is 6.92 Å². The fourth-order valence-corrected chi connectivity index (χ4v) is 2.74. The Labute approximate surface area is 96.7 Å². The summed E-state index contributed by atoms with van der Waals surface area (Å²) in [6, 6.07) is 6.80. The normalized spacial score (nSPS) is 12.6. The van der Waals surface area contributed by atoms with Gasteiger partial charge in [-0.3, -0.25) is 0 Å². The van der Waals surface area contributed by atoms with Crippen LogP contribution >= 0.6 is 0 Å². The van der Waals surface area contributed by atoms with E-state index >= 15 is 0 Å². The maximum Gasteiger partial charge on any atom is 0.205 e. The van der Waals surface area contributed by atoms with Gasteiger partial charge in [0.1, 0.15) is 0 Å². The Bertz CT molecular complexity index is 469. The average molecular weight is 240 g/mol. The fourth-order valence-electron chi connectivity index (χ4n) is 1.34. The molecule has 0 atom stereocenters. The van der Waals surface area contributed by atoms with Crippen LogP contribution in [0.3, 0.4) is 0 Å². The Kier molecular flexibility index (Phi) is 4.12. The molecule has 0 N–H and O–H groups in total. The predicted molar refractivity (Wildman–Crippen MR) is 63.7 cm³/mol. The number of ether oxygens (including phenoxy) is 1. The molecule has 0 aliphatic rings. The van der Waals surface area contributed by atoms with Crippen LogP contribution in [-0.2, 0) is 14.6 Å². The molecule has 0 bridgehead atoms. The molecule has 16 heavy (non-hydrogen) atoms. The first-order chi connectivity index (χ1) is 7.52. The van der Waals surface area contributed by atoms with Gasteiger partial charge in [0.2, 0.25) is 9.84 Å². The Morgan fingerprint density at radius 2 is 1.88 bits per heavy atom. The van der Waals surface area contributed by atoms with Gasteiger partial charge in [0, 0.05) is 0 Å². The van der Waals surface area contributed by atoms with Crippen LogP contribution in [0.25, 0.3) is 0 Å². The number of hydrogen-bond donors (Lipinski definition) is 0. The molecule has 0 saturated heterocycles. The highest BCUT2D eigenvalue weighted by molar-refractivity contribution is 7.95. The molecule has 1 aromatic rings. The zero-order valence-corrected chi connectivity index (χ0v) is 10.5. The molecule has 0 aliphatic heterocycles. The first-order valence-electron chi connectivity index (χ1n) is 5.06. The summed E-state index contributed by atoms with van der Waals surface area (Å²) in [6.45, 7) is 3.71. The molecule has 0 unspecified atom stereocenters. The van der Waals surface area contributed by atoms with E-state index in [1.54, 1.807) is 31.2 Å². The lowest BCUT2D eigenvalue weighted by Crippen LogP contribution is -2.04. The van der Waals surface area contributed by atoms with Gasteiger partial charge < -0.3 is 4.74 Å². The van der Waals surface area contributed by atoms with Gasteiger partial charge in [-0.2, -0.15) is 0 Å². The van der Waals surface area contributed by atoms with Gasteiger partial charge in [0.15, 0.2) is 0 Å². The van der Waals surface area contributed by atoms with Gasteiger partial charge in [0.05, 0.1) is 23.2 Å². The van der Waals surface area contributed by atoms with Gasteiger partial charge in [-0.15, -0.1) is 0 Å². The van der Waals surface area contributed by atoms with Crippen LogP contribution < -0.4 is 0 Å². The Hall–Kier alpha value is -1.29. The molecule has 3 nitrogen and oxygen atoms in total. The monoisotopic (exact) mass is 240 g/mol. The van der Waals surface area contributed by atoms with Crippen LogP contribution in [0.4, 0.5) is 0 Å². The van der Waals surface area contributed by atoms with E-state index in [-0.39, 0.29) is 0 Å². The molecule has 0 aliphatic carbocycles. The van der Waals surface area contributed by atoms with E-state index in [4.69, 9.17) is 4.74 Å². The summed E-state index contributed by atoms with van der Waals surface area (Å²) in [5, 5.41) is 0. The molecule has 0 radical (unpaired) electrons. The topological polar surface area (TPSA) is 43.4 Å². The second-order valence-electron chi connectivity index (χ2n) is 3.49. The van der Waals surface area contributed by atoms with Crippen LogP contribution in [0.15, 0.2) is 40.3 Å². The highest BCUT2D eigenvalue weighted by atomic mass is 32.2. The third-order valence-electron chi connectivity index (χ3n) is 2.27. The SMILES string of the molecule is CC/C(=C\OC)S(=O)(=O)c1ccc(C)cc1. The molecule has 88 valence electrons. The zero-order chi connectivity index (χ0) is 12.2. The maximum atomic E-state index is 12.1. The van der Waals surface area contributed by atoms with Crippen molar-refractivity contribution in [3.05, 3.63) is 41.0 Å².